The Morgan fingerprint density at radius 3 is 2.63 bits per heavy atom. The maximum Gasteiger partial charge on any atom is 0.282 e. The summed E-state index contributed by atoms with van der Waals surface area (Å²) in [5, 5.41) is 4.11. The van der Waals surface area contributed by atoms with Gasteiger partial charge in [0.25, 0.3) is 6.43 Å². The Balaban J connectivity index is 2.19. The van der Waals surface area contributed by atoms with E-state index in [4.69, 9.17) is 5.73 Å². The van der Waals surface area contributed by atoms with Gasteiger partial charge in [-0.1, -0.05) is 12.1 Å². The van der Waals surface area contributed by atoms with E-state index in [-0.39, 0.29) is 5.69 Å². The minimum atomic E-state index is -2.53. The van der Waals surface area contributed by atoms with Gasteiger partial charge in [-0.3, -0.25) is 0 Å². The zero-order valence-electron chi connectivity index (χ0n) is 10.4. The van der Waals surface area contributed by atoms with Crippen LogP contribution in [0.5, 0.6) is 0 Å². The highest BCUT2D eigenvalue weighted by Crippen LogP contribution is 2.32. The summed E-state index contributed by atoms with van der Waals surface area (Å²) in [7, 11) is 0. The third kappa shape index (κ3) is 1.99. The highest BCUT2D eigenvalue weighted by atomic mass is 19.3. The Labute approximate surface area is 110 Å². The first-order valence-corrected chi connectivity index (χ1v) is 6.42. The van der Waals surface area contributed by atoms with Crippen LogP contribution in [-0.2, 0) is 12.8 Å². The zero-order chi connectivity index (χ0) is 13.4. The van der Waals surface area contributed by atoms with Gasteiger partial charge < -0.3 is 5.73 Å². The minimum absolute atomic E-state index is 0.0852. The van der Waals surface area contributed by atoms with E-state index in [1.54, 1.807) is 10.7 Å². The molecule has 0 spiro atoms. The molecule has 0 fully saturated rings. The first-order valence-electron chi connectivity index (χ1n) is 6.42. The van der Waals surface area contributed by atoms with Gasteiger partial charge >= 0.3 is 0 Å². The zero-order valence-corrected chi connectivity index (χ0v) is 10.4. The van der Waals surface area contributed by atoms with E-state index >= 15 is 0 Å². The highest BCUT2D eigenvalue weighted by Gasteiger charge is 2.26. The molecular formula is C14H15F2N3. The second-order valence-electron chi connectivity index (χ2n) is 4.79. The molecule has 1 aromatic heterocycles. The standard InChI is InChI=1S/C14H15F2N3/c15-14(16)13-9-5-1-3-7-11(9)19(18-13)12-8-4-2-6-10(12)17/h2,4,6,8,14H,1,3,5,7,17H2. The van der Waals surface area contributed by atoms with Crippen LogP contribution in [0.3, 0.4) is 0 Å². The molecule has 1 aromatic carbocycles. The number of rotatable bonds is 2. The van der Waals surface area contributed by atoms with E-state index < -0.39 is 6.43 Å². The smallest absolute Gasteiger partial charge is 0.282 e. The fourth-order valence-electron chi connectivity index (χ4n) is 2.68. The second-order valence-corrected chi connectivity index (χ2v) is 4.79. The highest BCUT2D eigenvalue weighted by molar-refractivity contribution is 5.58. The number of nitrogens with zero attached hydrogens (tertiary/aromatic N) is 2. The molecule has 19 heavy (non-hydrogen) atoms. The molecule has 1 heterocycles. The van der Waals surface area contributed by atoms with Crippen molar-refractivity contribution in [2.24, 2.45) is 0 Å². The average molecular weight is 263 g/mol. The molecule has 0 radical (unpaired) electrons. The van der Waals surface area contributed by atoms with Gasteiger partial charge in [0.1, 0.15) is 5.69 Å². The van der Waals surface area contributed by atoms with Gasteiger partial charge in [0.05, 0.1) is 11.4 Å². The van der Waals surface area contributed by atoms with E-state index in [9.17, 15) is 8.78 Å². The molecule has 100 valence electrons. The van der Waals surface area contributed by atoms with Gasteiger partial charge in [-0.15, -0.1) is 0 Å². The van der Waals surface area contributed by atoms with Crippen molar-refractivity contribution in [1.82, 2.24) is 9.78 Å². The summed E-state index contributed by atoms with van der Waals surface area (Å²) in [6.45, 7) is 0. The maximum absolute atomic E-state index is 13.1. The number of fused-ring (bicyclic) bond motifs is 1. The van der Waals surface area contributed by atoms with Crippen molar-refractivity contribution in [3.05, 3.63) is 41.2 Å². The molecule has 5 heteroatoms. The van der Waals surface area contributed by atoms with Gasteiger partial charge in [0.15, 0.2) is 0 Å². The summed E-state index contributed by atoms with van der Waals surface area (Å²) in [4.78, 5) is 0. The van der Waals surface area contributed by atoms with Crippen molar-refractivity contribution in [3.8, 4) is 5.69 Å². The topological polar surface area (TPSA) is 43.8 Å². The number of hydrogen-bond acceptors (Lipinski definition) is 2. The quantitative estimate of drug-likeness (QED) is 0.845. The van der Waals surface area contributed by atoms with Crippen LogP contribution in [0.2, 0.25) is 0 Å². The van der Waals surface area contributed by atoms with E-state index in [1.165, 1.54) is 0 Å². The number of halogens is 2. The molecule has 0 unspecified atom stereocenters. The number of para-hydroxylation sites is 2. The van der Waals surface area contributed by atoms with Crippen LogP contribution in [0.25, 0.3) is 5.69 Å². The third-order valence-electron chi connectivity index (χ3n) is 3.58. The van der Waals surface area contributed by atoms with Crippen LogP contribution in [0.15, 0.2) is 24.3 Å². The van der Waals surface area contributed by atoms with E-state index in [2.05, 4.69) is 5.10 Å². The van der Waals surface area contributed by atoms with Crippen LogP contribution >= 0.6 is 0 Å². The Hall–Kier alpha value is -1.91. The Kier molecular flexibility index (Phi) is 2.97. The number of benzene rings is 1. The molecule has 2 aromatic rings. The van der Waals surface area contributed by atoms with Crippen LogP contribution in [0.1, 0.15) is 36.2 Å². The third-order valence-corrected chi connectivity index (χ3v) is 3.58. The molecule has 0 saturated heterocycles. The number of nitrogen functional groups attached to an aromatic ring is 1. The van der Waals surface area contributed by atoms with Gasteiger partial charge in [-0.05, 0) is 37.8 Å². The number of hydrogen-bond donors (Lipinski definition) is 1. The fourth-order valence-corrected chi connectivity index (χ4v) is 2.68. The van der Waals surface area contributed by atoms with Crippen molar-refractivity contribution >= 4 is 5.69 Å². The van der Waals surface area contributed by atoms with Gasteiger partial charge in [-0.25, -0.2) is 13.5 Å². The number of nitrogens with two attached hydrogens (primary N) is 1. The molecule has 3 nitrogen and oxygen atoms in total. The SMILES string of the molecule is Nc1ccccc1-n1nc(C(F)F)c2c1CCCC2. The average Bonchev–Trinajstić information content (AvgIpc) is 2.79. The Bertz CT molecular complexity index is 605. The van der Waals surface area contributed by atoms with Gasteiger partial charge in [0, 0.05) is 11.3 Å². The molecule has 2 N–H and O–H groups in total. The molecule has 1 aliphatic rings. The van der Waals surface area contributed by atoms with E-state index in [0.29, 0.717) is 23.4 Å². The molecule has 0 amide bonds. The minimum Gasteiger partial charge on any atom is -0.397 e. The number of anilines is 1. The molecule has 0 saturated carbocycles. The molecule has 1 aliphatic carbocycles. The second kappa shape index (κ2) is 4.64. The first-order chi connectivity index (χ1) is 9.18. The molecular weight excluding hydrogens is 248 g/mol. The molecule has 0 aliphatic heterocycles. The fraction of sp³-hybridized carbons (Fsp3) is 0.357. The normalized spacial score (nSPS) is 14.7. The lowest BCUT2D eigenvalue weighted by molar-refractivity contribution is 0.144. The van der Waals surface area contributed by atoms with Crippen molar-refractivity contribution in [2.45, 2.75) is 32.1 Å². The summed E-state index contributed by atoms with van der Waals surface area (Å²) in [6, 6.07) is 7.23. The largest absolute Gasteiger partial charge is 0.397 e. The summed E-state index contributed by atoms with van der Waals surface area (Å²) in [5.41, 5.74) is 8.68. The van der Waals surface area contributed by atoms with E-state index in [0.717, 1.165) is 25.0 Å². The van der Waals surface area contributed by atoms with Crippen molar-refractivity contribution < 1.29 is 8.78 Å². The lowest BCUT2D eigenvalue weighted by atomic mass is 9.95. The lowest BCUT2D eigenvalue weighted by Gasteiger charge is -2.15. The van der Waals surface area contributed by atoms with Gasteiger partial charge in [-0.2, -0.15) is 5.10 Å². The van der Waals surface area contributed by atoms with Crippen molar-refractivity contribution in [1.29, 1.82) is 0 Å². The maximum atomic E-state index is 13.1. The lowest BCUT2D eigenvalue weighted by Crippen LogP contribution is -2.09. The number of aromatic nitrogens is 2. The monoisotopic (exact) mass is 263 g/mol. The van der Waals surface area contributed by atoms with Crippen LogP contribution in [-0.4, -0.2) is 9.78 Å². The molecule has 0 bridgehead atoms. The van der Waals surface area contributed by atoms with E-state index in [1.807, 2.05) is 18.2 Å². The predicted octanol–water partition coefficient (Wildman–Crippen LogP) is 3.27. The summed E-state index contributed by atoms with van der Waals surface area (Å²) in [5.74, 6) is 0. The van der Waals surface area contributed by atoms with Crippen molar-refractivity contribution in [2.75, 3.05) is 5.73 Å². The summed E-state index contributed by atoms with van der Waals surface area (Å²) < 4.78 is 27.8. The first kappa shape index (κ1) is 12.1. The van der Waals surface area contributed by atoms with Crippen LogP contribution < -0.4 is 5.73 Å². The molecule has 0 atom stereocenters. The molecule has 3 rings (SSSR count). The summed E-state index contributed by atoms with van der Waals surface area (Å²) in [6.07, 6.45) is 0.889. The van der Waals surface area contributed by atoms with Crippen LogP contribution in [0.4, 0.5) is 14.5 Å². The Morgan fingerprint density at radius 1 is 1.16 bits per heavy atom. The summed E-state index contributed by atoms with van der Waals surface area (Å²) >= 11 is 0. The Morgan fingerprint density at radius 2 is 1.89 bits per heavy atom. The number of alkyl halides is 2. The predicted molar refractivity (Wildman–Crippen MR) is 69.6 cm³/mol. The van der Waals surface area contributed by atoms with Crippen LogP contribution in [0, 0.1) is 0 Å². The van der Waals surface area contributed by atoms with Gasteiger partial charge in [0.2, 0.25) is 0 Å². The van der Waals surface area contributed by atoms with Crippen molar-refractivity contribution in [3.63, 3.8) is 0 Å².